The van der Waals surface area contributed by atoms with Gasteiger partial charge in [0.25, 0.3) is 0 Å². The maximum Gasteiger partial charge on any atom is 0.326 e. The van der Waals surface area contributed by atoms with Crippen LogP contribution in [-0.2, 0) is 10.2 Å². The Morgan fingerprint density at radius 3 is 2.57 bits per heavy atom. The molecule has 0 fully saturated rings. The molecule has 0 saturated carbocycles. The number of hydrogen-bond donors (Lipinski definition) is 3. The maximum atomic E-state index is 11.9. The van der Waals surface area contributed by atoms with E-state index in [1.807, 2.05) is 45.2 Å². The van der Waals surface area contributed by atoms with Crippen LogP contribution in [-0.4, -0.2) is 29.7 Å². The second kappa shape index (κ2) is 7.45. The molecule has 0 aliphatic heterocycles. The van der Waals surface area contributed by atoms with Crippen LogP contribution in [0.2, 0.25) is 0 Å². The molecule has 21 heavy (non-hydrogen) atoms. The predicted molar refractivity (Wildman–Crippen MR) is 84.8 cm³/mol. The highest BCUT2D eigenvalue weighted by molar-refractivity contribution is 7.10. The summed E-state index contributed by atoms with van der Waals surface area (Å²) in [5.41, 5.74) is -0.180. The second-order valence-electron chi connectivity index (χ2n) is 5.89. The highest BCUT2D eigenvalue weighted by Gasteiger charge is 2.27. The number of thiophene rings is 1. The number of carboxylic acids is 1. The molecule has 0 aliphatic rings. The van der Waals surface area contributed by atoms with Crippen LogP contribution in [0.15, 0.2) is 17.5 Å². The van der Waals surface area contributed by atoms with Crippen molar-refractivity contribution in [3.63, 3.8) is 0 Å². The SMILES string of the molecule is CCC(C)C(NC(=O)NCC(C)(C)c1cccs1)C(=O)O. The summed E-state index contributed by atoms with van der Waals surface area (Å²) in [7, 11) is 0. The van der Waals surface area contributed by atoms with Gasteiger partial charge in [0.05, 0.1) is 0 Å². The van der Waals surface area contributed by atoms with Crippen molar-refractivity contribution in [2.24, 2.45) is 5.92 Å². The van der Waals surface area contributed by atoms with Gasteiger partial charge in [-0.15, -0.1) is 11.3 Å². The van der Waals surface area contributed by atoms with E-state index in [2.05, 4.69) is 10.6 Å². The Bertz CT molecular complexity index is 471. The van der Waals surface area contributed by atoms with Crippen LogP contribution >= 0.6 is 11.3 Å². The van der Waals surface area contributed by atoms with Gasteiger partial charge in [-0.3, -0.25) is 0 Å². The molecule has 1 aromatic heterocycles. The van der Waals surface area contributed by atoms with Crippen LogP contribution < -0.4 is 10.6 Å². The normalized spacial score (nSPS) is 14.3. The van der Waals surface area contributed by atoms with Crippen molar-refractivity contribution in [2.45, 2.75) is 45.6 Å². The fourth-order valence-electron chi connectivity index (χ4n) is 1.93. The molecular weight excluding hydrogens is 288 g/mol. The average Bonchev–Trinajstić information content (AvgIpc) is 2.96. The molecule has 0 bridgehead atoms. The minimum absolute atomic E-state index is 0.112. The summed E-state index contributed by atoms with van der Waals surface area (Å²) >= 11 is 1.64. The minimum atomic E-state index is -1.00. The number of hydrogen-bond acceptors (Lipinski definition) is 3. The molecule has 5 nitrogen and oxygen atoms in total. The van der Waals surface area contributed by atoms with Gasteiger partial charge in [0.1, 0.15) is 6.04 Å². The number of carbonyl (C=O) groups excluding carboxylic acids is 1. The Balaban J connectivity index is 2.55. The van der Waals surface area contributed by atoms with E-state index in [4.69, 9.17) is 5.11 Å². The first-order chi connectivity index (χ1) is 9.77. The number of urea groups is 1. The summed E-state index contributed by atoms with van der Waals surface area (Å²) in [4.78, 5) is 24.3. The smallest absolute Gasteiger partial charge is 0.326 e. The van der Waals surface area contributed by atoms with Gasteiger partial charge in [0.15, 0.2) is 0 Å². The van der Waals surface area contributed by atoms with Crippen molar-refractivity contribution in [2.75, 3.05) is 6.54 Å². The molecule has 2 atom stereocenters. The van der Waals surface area contributed by atoms with E-state index >= 15 is 0 Å². The van der Waals surface area contributed by atoms with E-state index in [1.165, 1.54) is 4.88 Å². The molecule has 2 unspecified atom stereocenters. The van der Waals surface area contributed by atoms with E-state index < -0.39 is 18.0 Å². The van der Waals surface area contributed by atoms with Crippen LogP contribution in [0.1, 0.15) is 39.0 Å². The van der Waals surface area contributed by atoms with Crippen molar-refractivity contribution in [3.8, 4) is 0 Å². The average molecular weight is 312 g/mol. The lowest BCUT2D eigenvalue weighted by atomic mass is 9.91. The first-order valence-electron chi connectivity index (χ1n) is 7.09. The number of carbonyl (C=O) groups is 2. The summed E-state index contributed by atoms with van der Waals surface area (Å²) < 4.78 is 0. The number of nitrogens with one attached hydrogen (secondary N) is 2. The Labute approximate surface area is 129 Å². The number of aliphatic carboxylic acids is 1. The van der Waals surface area contributed by atoms with Gasteiger partial charge >= 0.3 is 12.0 Å². The molecule has 0 saturated heterocycles. The molecule has 2 amide bonds. The van der Waals surface area contributed by atoms with Crippen LogP contribution in [0.25, 0.3) is 0 Å². The summed E-state index contributed by atoms with van der Waals surface area (Å²) in [6.45, 7) is 8.26. The first kappa shape index (κ1) is 17.5. The van der Waals surface area contributed by atoms with Gasteiger partial charge < -0.3 is 15.7 Å². The molecule has 118 valence electrons. The molecule has 0 aromatic carbocycles. The topological polar surface area (TPSA) is 78.4 Å². The van der Waals surface area contributed by atoms with Crippen molar-refractivity contribution in [1.82, 2.24) is 10.6 Å². The quantitative estimate of drug-likeness (QED) is 0.724. The number of carboxylic acid groups (broad SMARTS) is 1. The van der Waals surface area contributed by atoms with Crippen molar-refractivity contribution < 1.29 is 14.7 Å². The zero-order chi connectivity index (χ0) is 16.0. The largest absolute Gasteiger partial charge is 0.480 e. The number of amides is 2. The zero-order valence-corrected chi connectivity index (χ0v) is 13.8. The molecule has 6 heteroatoms. The van der Waals surface area contributed by atoms with Gasteiger partial charge in [-0.1, -0.05) is 40.2 Å². The molecule has 1 aromatic rings. The molecule has 0 spiro atoms. The zero-order valence-electron chi connectivity index (χ0n) is 13.0. The molecule has 1 rings (SSSR count). The van der Waals surface area contributed by atoms with Crippen LogP contribution in [0.5, 0.6) is 0 Å². The molecular formula is C15H24N2O3S. The third-order valence-electron chi connectivity index (χ3n) is 3.64. The van der Waals surface area contributed by atoms with E-state index in [9.17, 15) is 9.59 Å². The van der Waals surface area contributed by atoms with E-state index in [-0.39, 0.29) is 11.3 Å². The molecule has 1 heterocycles. The van der Waals surface area contributed by atoms with Crippen molar-refractivity contribution in [3.05, 3.63) is 22.4 Å². The summed E-state index contributed by atoms with van der Waals surface area (Å²) in [5.74, 6) is -1.12. The van der Waals surface area contributed by atoms with Crippen LogP contribution in [0.3, 0.4) is 0 Å². The third-order valence-corrected chi connectivity index (χ3v) is 4.88. The lowest BCUT2D eigenvalue weighted by molar-refractivity contribution is -0.140. The molecule has 0 radical (unpaired) electrons. The monoisotopic (exact) mass is 312 g/mol. The summed E-state index contributed by atoms with van der Waals surface area (Å²) in [5, 5.41) is 16.5. The fourth-order valence-corrected chi connectivity index (χ4v) is 2.78. The Morgan fingerprint density at radius 1 is 1.43 bits per heavy atom. The van der Waals surface area contributed by atoms with Crippen LogP contribution in [0, 0.1) is 5.92 Å². The minimum Gasteiger partial charge on any atom is -0.480 e. The highest BCUT2D eigenvalue weighted by atomic mass is 32.1. The maximum absolute atomic E-state index is 11.9. The van der Waals surface area contributed by atoms with Gasteiger partial charge in [0.2, 0.25) is 0 Å². The summed E-state index contributed by atoms with van der Waals surface area (Å²) in [6, 6.07) is 2.71. The van der Waals surface area contributed by atoms with E-state index in [0.717, 1.165) is 0 Å². The van der Waals surface area contributed by atoms with Crippen molar-refractivity contribution in [1.29, 1.82) is 0 Å². The van der Waals surface area contributed by atoms with Gasteiger partial charge in [0, 0.05) is 16.8 Å². The van der Waals surface area contributed by atoms with E-state index in [1.54, 1.807) is 11.3 Å². The van der Waals surface area contributed by atoms with Crippen LogP contribution in [0.4, 0.5) is 4.79 Å². The molecule has 0 aliphatic carbocycles. The predicted octanol–water partition coefficient (Wildman–Crippen LogP) is 2.82. The van der Waals surface area contributed by atoms with Crippen molar-refractivity contribution >= 4 is 23.3 Å². The Hall–Kier alpha value is -1.56. The Morgan fingerprint density at radius 2 is 2.10 bits per heavy atom. The molecule has 3 N–H and O–H groups in total. The highest BCUT2D eigenvalue weighted by Crippen LogP contribution is 2.26. The number of rotatable bonds is 7. The van der Waals surface area contributed by atoms with Gasteiger partial charge in [-0.25, -0.2) is 9.59 Å². The Kier molecular flexibility index (Phi) is 6.20. The van der Waals surface area contributed by atoms with Gasteiger partial charge in [-0.05, 0) is 17.4 Å². The lowest BCUT2D eigenvalue weighted by Crippen LogP contribution is -2.50. The lowest BCUT2D eigenvalue weighted by Gasteiger charge is -2.25. The first-order valence-corrected chi connectivity index (χ1v) is 7.97. The van der Waals surface area contributed by atoms with Gasteiger partial charge in [-0.2, -0.15) is 0 Å². The summed E-state index contributed by atoms with van der Waals surface area (Å²) in [6.07, 6.45) is 0.692. The standard InChI is InChI=1S/C15H24N2O3S/c1-5-10(2)12(13(18)19)17-14(20)16-9-15(3,4)11-7-6-8-21-11/h6-8,10,12H,5,9H2,1-4H3,(H,18,19)(H2,16,17,20). The second-order valence-corrected chi connectivity index (χ2v) is 6.84. The van der Waals surface area contributed by atoms with E-state index in [0.29, 0.717) is 13.0 Å². The fraction of sp³-hybridized carbons (Fsp3) is 0.600. The third kappa shape index (κ3) is 5.04.